The highest BCUT2D eigenvalue weighted by molar-refractivity contribution is 5.83. The molecule has 122 valence electrons. The van der Waals surface area contributed by atoms with E-state index in [1.165, 1.54) is 16.8 Å². The summed E-state index contributed by atoms with van der Waals surface area (Å²) in [7, 11) is 0. The molecule has 0 fully saturated rings. The molecule has 1 N–H and O–H groups in total. The Morgan fingerprint density at radius 2 is 2.08 bits per heavy atom. The van der Waals surface area contributed by atoms with E-state index in [1.54, 1.807) is 18.3 Å². The second-order valence-corrected chi connectivity index (χ2v) is 5.05. The van der Waals surface area contributed by atoms with E-state index in [4.69, 9.17) is 9.52 Å². The highest BCUT2D eigenvalue weighted by Gasteiger charge is 2.11. The highest BCUT2D eigenvalue weighted by Crippen LogP contribution is 2.10. The summed E-state index contributed by atoms with van der Waals surface area (Å²) in [5.41, 5.74) is 0.651. The maximum atomic E-state index is 13.2. The number of hydrogen-bond acceptors (Lipinski definition) is 5. The fourth-order valence-corrected chi connectivity index (χ4v) is 2.13. The van der Waals surface area contributed by atoms with Crippen LogP contribution in [-0.2, 0) is 13.0 Å². The van der Waals surface area contributed by atoms with Gasteiger partial charge >= 0.3 is 5.97 Å². The average Bonchev–Trinajstić information content (AvgIpc) is 3.02. The van der Waals surface area contributed by atoms with Gasteiger partial charge in [-0.1, -0.05) is 6.07 Å². The molecule has 0 aromatic carbocycles. The molecule has 0 saturated carbocycles. The molecule has 0 aliphatic rings. The Balaban J connectivity index is 1.72. The monoisotopic (exact) mass is 329 g/mol. The van der Waals surface area contributed by atoms with Crippen molar-refractivity contribution in [1.82, 2.24) is 14.5 Å². The molecule has 0 atom stereocenters. The Morgan fingerprint density at radius 3 is 2.75 bits per heavy atom. The number of carboxylic acid groups (broad SMARTS) is 1. The summed E-state index contributed by atoms with van der Waals surface area (Å²) in [5, 5.41) is 8.78. The van der Waals surface area contributed by atoms with Gasteiger partial charge in [-0.05, 0) is 23.8 Å². The first-order chi connectivity index (χ1) is 11.5. The first kappa shape index (κ1) is 15.6. The van der Waals surface area contributed by atoms with Crippen molar-refractivity contribution in [2.45, 2.75) is 13.0 Å². The van der Waals surface area contributed by atoms with Gasteiger partial charge in [-0.15, -0.1) is 0 Å². The Morgan fingerprint density at radius 1 is 1.25 bits per heavy atom. The third-order valence-corrected chi connectivity index (χ3v) is 3.31. The Labute approximate surface area is 135 Å². The summed E-state index contributed by atoms with van der Waals surface area (Å²) < 4.78 is 19.5. The molecule has 3 rings (SSSR count). The molecule has 0 bridgehead atoms. The van der Waals surface area contributed by atoms with Gasteiger partial charge in [-0.3, -0.25) is 9.78 Å². The van der Waals surface area contributed by atoms with E-state index < -0.39 is 17.3 Å². The normalized spacial score (nSPS) is 10.7. The number of halogens is 1. The Kier molecular flexibility index (Phi) is 4.19. The molecule has 0 aliphatic carbocycles. The first-order valence-electron chi connectivity index (χ1n) is 6.99. The van der Waals surface area contributed by atoms with Crippen molar-refractivity contribution >= 4 is 5.97 Å². The van der Waals surface area contributed by atoms with Crippen LogP contribution < -0.4 is 5.56 Å². The summed E-state index contributed by atoms with van der Waals surface area (Å²) in [4.78, 5) is 30.5. The number of carboxylic acids is 1. The molecular weight excluding hydrogens is 317 g/mol. The third-order valence-electron chi connectivity index (χ3n) is 3.31. The second-order valence-electron chi connectivity index (χ2n) is 5.05. The molecule has 0 spiro atoms. The zero-order valence-electron chi connectivity index (χ0n) is 12.3. The lowest BCUT2D eigenvalue weighted by Gasteiger charge is -2.05. The topological polar surface area (TPSA) is 98.2 Å². The molecular formula is C16H12FN3O4. The maximum absolute atomic E-state index is 13.2. The standard InChI is InChI=1S/C16H12FN3O4/c17-12-2-1-5-20(15(12)21)9-11-4-3-10(7-18-11)6-14-19-8-13(24-14)16(22)23/h1-5,7-8H,6,9H2,(H,22,23). The number of oxazole rings is 1. The van der Waals surface area contributed by atoms with Gasteiger partial charge in [-0.25, -0.2) is 14.2 Å². The zero-order valence-corrected chi connectivity index (χ0v) is 12.3. The predicted octanol–water partition coefficient (Wildman–Crippen LogP) is 1.71. The van der Waals surface area contributed by atoms with E-state index in [2.05, 4.69) is 9.97 Å². The SMILES string of the molecule is O=C(O)c1cnc(Cc2ccc(Cn3cccc(F)c3=O)nc2)o1. The second kappa shape index (κ2) is 6.45. The summed E-state index contributed by atoms with van der Waals surface area (Å²) >= 11 is 0. The van der Waals surface area contributed by atoms with Gasteiger partial charge in [0.25, 0.3) is 5.56 Å². The average molecular weight is 329 g/mol. The van der Waals surface area contributed by atoms with Gasteiger partial charge in [-0.2, -0.15) is 0 Å². The van der Waals surface area contributed by atoms with E-state index in [-0.39, 0.29) is 18.2 Å². The van der Waals surface area contributed by atoms with Crippen LogP contribution in [0.1, 0.15) is 27.7 Å². The minimum Gasteiger partial charge on any atom is -0.475 e. The van der Waals surface area contributed by atoms with Crippen LogP contribution in [0.3, 0.4) is 0 Å². The zero-order chi connectivity index (χ0) is 17.1. The summed E-state index contributed by atoms with van der Waals surface area (Å²) in [5.74, 6) is -1.95. The van der Waals surface area contributed by atoms with Crippen molar-refractivity contribution in [2.75, 3.05) is 0 Å². The third kappa shape index (κ3) is 3.37. The van der Waals surface area contributed by atoms with Crippen LogP contribution in [0.5, 0.6) is 0 Å². The lowest BCUT2D eigenvalue weighted by atomic mass is 10.2. The highest BCUT2D eigenvalue weighted by atomic mass is 19.1. The van der Waals surface area contributed by atoms with Gasteiger partial charge in [0, 0.05) is 12.4 Å². The van der Waals surface area contributed by atoms with Gasteiger partial charge < -0.3 is 14.1 Å². The molecule has 0 saturated heterocycles. The fourth-order valence-electron chi connectivity index (χ4n) is 2.13. The summed E-state index contributed by atoms with van der Waals surface area (Å²) in [6.45, 7) is 0.152. The van der Waals surface area contributed by atoms with E-state index >= 15 is 0 Å². The van der Waals surface area contributed by atoms with E-state index in [0.29, 0.717) is 12.1 Å². The summed E-state index contributed by atoms with van der Waals surface area (Å²) in [6.07, 6.45) is 4.50. The molecule has 3 aromatic rings. The molecule has 3 aromatic heterocycles. The van der Waals surface area contributed by atoms with Crippen LogP contribution in [0.25, 0.3) is 0 Å². The van der Waals surface area contributed by atoms with Crippen molar-refractivity contribution in [3.63, 3.8) is 0 Å². The fraction of sp³-hybridized carbons (Fsp3) is 0.125. The number of carbonyl (C=O) groups is 1. The number of nitrogens with zero attached hydrogens (tertiary/aromatic N) is 3. The number of aromatic nitrogens is 3. The minimum atomic E-state index is -1.18. The maximum Gasteiger partial charge on any atom is 0.373 e. The van der Waals surface area contributed by atoms with Crippen molar-refractivity contribution < 1.29 is 18.7 Å². The number of pyridine rings is 2. The van der Waals surface area contributed by atoms with Gasteiger partial charge in [0.1, 0.15) is 0 Å². The number of hydrogen-bond donors (Lipinski definition) is 1. The molecule has 0 amide bonds. The van der Waals surface area contributed by atoms with E-state index in [9.17, 15) is 14.0 Å². The largest absolute Gasteiger partial charge is 0.475 e. The lowest BCUT2D eigenvalue weighted by molar-refractivity contribution is 0.0660. The minimum absolute atomic E-state index is 0.152. The number of rotatable bonds is 5. The molecule has 24 heavy (non-hydrogen) atoms. The lowest BCUT2D eigenvalue weighted by Crippen LogP contribution is -2.22. The van der Waals surface area contributed by atoms with Crippen LogP contribution in [0.2, 0.25) is 0 Å². The molecule has 3 heterocycles. The molecule has 0 unspecified atom stereocenters. The first-order valence-corrected chi connectivity index (χ1v) is 6.99. The van der Waals surface area contributed by atoms with Crippen molar-refractivity contribution in [3.05, 3.63) is 81.9 Å². The molecule has 7 nitrogen and oxygen atoms in total. The van der Waals surface area contributed by atoms with Crippen LogP contribution >= 0.6 is 0 Å². The summed E-state index contributed by atoms with van der Waals surface area (Å²) in [6, 6.07) is 6.02. The van der Waals surface area contributed by atoms with Crippen LogP contribution in [0, 0.1) is 5.82 Å². The molecule has 0 radical (unpaired) electrons. The van der Waals surface area contributed by atoms with Gasteiger partial charge in [0.05, 0.1) is 24.9 Å². The van der Waals surface area contributed by atoms with Gasteiger partial charge in [0.2, 0.25) is 5.76 Å². The van der Waals surface area contributed by atoms with E-state index in [0.717, 1.165) is 17.8 Å². The Bertz CT molecular complexity index is 931. The van der Waals surface area contributed by atoms with Crippen molar-refractivity contribution in [1.29, 1.82) is 0 Å². The smallest absolute Gasteiger partial charge is 0.373 e. The van der Waals surface area contributed by atoms with Crippen LogP contribution in [0.4, 0.5) is 4.39 Å². The van der Waals surface area contributed by atoms with Crippen molar-refractivity contribution in [3.8, 4) is 0 Å². The molecule has 0 aliphatic heterocycles. The van der Waals surface area contributed by atoms with E-state index in [1.807, 2.05) is 0 Å². The van der Waals surface area contributed by atoms with Crippen LogP contribution in [-0.4, -0.2) is 25.6 Å². The van der Waals surface area contributed by atoms with Crippen molar-refractivity contribution in [2.24, 2.45) is 0 Å². The quantitative estimate of drug-likeness (QED) is 0.765. The number of aromatic carboxylic acids is 1. The van der Waals surface area contributed by atoms with Crippen LogP contribution in [0.15, 0.2) is 52.1 Å². The Hall–Kier alpha value is -3.29. The van der Waals surface area contributed by atoms with Gasteiger partial charge in [0.15, 0.2) is 11.7 Å². The molecule has 8 heteroatoms. The predicted molar refractivity (Wildman–Crippen MR) is 80.3 cm³/mol.